The maximum Gasteiger partial charge on any atom is 0.270 e. The van der Waals surface area contributed by atoms with Crippen molar-refractivity contribution in [2.45, 2.75) is 11.5 Å². The highest BCUT2D eigenvalue weighted by Crippen LogP contribution is 2.31. The molecule has 0 saturated carbocycles. The number of aromatic nitrogens is 2. The molecule has 0 unspecified atom stereocenters. The van der Waals surface area contributed by atoms with Crippen LogP contribution in [0.5, 0.6) is 0 Å². The van der Waals surface area contributed by atoms with Gasteiger partial charge in [-0.3, -0.25) is 19.1 Å². The average molecular weight is 400 g/mol. The number of carbonyl (C=O) groups is 1. The SMILES string of the molecule is O=C(Nc1c2c(nn1-c1ccc(F)cc1)C[S@](=O)C2)c1cccc([N+](=O)[O-])c1. The van der Waals surface area contributed by atoms with Crippen LogP contribution in [0, 0.1) is 15.9 Å². The Morgan fingerprint density at radius 3 is 2.68 bits per heavy atom. The summed E-state index contributed by atoms with van der Waals surface area (Å²) in [5, 5.41) is 18.1. The van der Waals surface area contributed by atoms with Crippen LogP contribution in [0.4, 0.5) is 15.9 Å². The molecule has 2 aromatic carbocycles. The summed E-state index contributed by atoms with van der Waals surface area (Å²) in [6, 6.07) is 10.9. The molecule has 4 rings (SSSR count). The maximum absolute atomic E-state index is 13.3. The predicted octanol–water partition coefficient (Wildman–Crippen LogP) is 2.93. The molecule has 0 radical (unpaired) electrons. The second-order valence-corrected chi connectivity index (χ2v) is 7.61. The minimum atomic E-state index is -1.11. The minimum Gasteiger partial charge on any atom is -0.306 e. The Morgan fingerprint density at radius 2 is 1.96 bits per heavy atom. The number of rotatable bonds is 4. The Balaban J connectivity index is 1.73. The van der Waals surface area contributed by atoms with E-state index >= 15 is 0 Å². The van der Waals surface area contributed by atoms with Gasteiger partial charge in [-0.05, 0) is 30.3 Å². The van der Waals surface area contributed by atoms with Crippen molar-refractivity contribution in [3.8, 4) is 5.69 Å². The predicted molar refractivity (Wildman–Crippen MR) is 100 cm³/mol. The van der Waals surface area contributed by atoms with Gasteiger partial charge < -0.3 is 5.32 Å². The summed E-state index contributed by atoms with van der Waals surface area (Å²) >= 11 is 0. The van der Waals surface area contributed by atoms with E-state index in [2.05, 4.69) is 10.4 Å². The van der Waals surface area contributed by atoms with Crippen molar-refractivity contribution in [3.05, 3.63) is 81.3 Å². The van der Waals surface area contributed by atoms with Gasteiger partial charge in [0.1, 0.15) is 11.6 Å². The van der Waals surface area contributed by atoms with Gasteiger partial charge in [-0.2, -0.15) is 5.10 Å². The van der Waals surface area contributed by atoms with Gasteiger partial charge in [-0.25, -0.2) is 9.07 Å². The molecule has 0 saturated heterocycles. The molecule has 142 valence electrons. The summed E-state index contributed by atoms with van der Waals surface area (Å²) in [5.41, 5.74) is 1.66. The molecule has 0 aliphatic carbocycles. The van der Waals surface area contributed by atoms with Gasteiger partial charge >= 0.3 is 0 Å². The number of amides is 1. The van der Waals surface area contributed by atoms with Crippen LogP contribution in [0.2, 0.25) is 0 Å². The van der Waals surface area contributed by atoms with E-state index < -0.39 is 27.4 Å². The second-order valence-electron chi connectivity index (χ2n) is 6.15. The topological polar surface area (TPSA) is 107 Å². The lowest BCUT2D eigenvalue weighted by atomic mass is 10.2. The number of anilines is 1. The molecule has 8 nitrogen and oxygen atoms in total. The number of non-ortho nitro benzene ring substituents is 1. The lowest BCUT2D eigenvalue weighted by molar-refractivity contribution is -0.384. The number of benzene rings is 2. The van der Waals surface area contributed by atoms with Crippen molar-refractivity contribution in [2.75, 3.05) is 5.32 Å². The van der Waals surface area contributed by atoms with Crippen molar-refractivity contribution in [1.82, 2.24) is 9.78 Å². The zero-order chi connectivity index (χ0) is 19.8. The molecule has 2 heterocycles. The first-order valence-electron chi connectivity index (χ1n) is 8.20. The molecule has 1 atom stereocenters. The van der Waals surface area contributed by atoms with Crippen LogP contribution in [0.25, 0.3) is 5.69 Å². The van der Waals surface area contributed by atoms with Gasteiger partial charge in [-0.1, -0.05) is 6.07 Å². The minimum absolute atomic E-state index is 0.105. The average Bonchev–Trinajstić information content (AvgIpc) is 3.19. The Labute approximate surface area is 160 Å². The molecule has 0 fully saturated rings. The molecule has 10 heteroatoms. The summed E-state index contributed by atoms with van der Waals surface area (Å²) in [6.07, 6.45) is 0. The molecule has 0 spiro atoms. The lowest BCUT2D eigenvalue weighted by Gasteiger charge is -2.11. The molecule has 1 aliphatic rings. The molecule has 28 heavy (non-hydrogen) atoms. The first-order valence-corrected chi connectivity index (χ1v) is 9.68. The third-order valence-corrected chi connectivity index (χ3v) is 5.50. The number of carbonyl (C=O) groups excluding carboxylic acids is 1. The van der Waals surface area contributed by atoms with E-state index in [0.29, 0.717) is 22.8 Å². The second kappa shape index (κ2) is 6.97. The molecule has 1 N–H and O–H groups in total. The first-order chi connectivity index (χ1) is 13.4. The number of hydrogen-bond donors (Lipinski definition) is 1. The van der Waals surface area contributed by atoms with Gasteiger partial charge in [0.2, 0.25) is 0 Å². The van der Waals surface area contributed by atoms with Crippen LogP contribution < -0.4 is 5.32 Å². The van der Waals surface area contributed by atoms with Crippen molar-refractivity contribution < 1.29 is 18.3 Å². The molecule has 1 aliphatic heterocycles. The summed E-state index contributed by atoms with van der Waals surface area (Å²) in [6.45, 7) is 0. The van der Waals surface area contributed by atoms with Crippen LogP contribution in [0.1, 0.15) is 21.6 Å². The van der Waals surface area contributed by atoms with Gasteiger partial charge in [-0.15, -0.1) is 0 Å². The molecule has 0 bridgehead atoms. The fourth-order valence-corrected chi connectivity index (χ4v) is 4.23. The summed E-state index contributed by atoms with van der Waals surface area (Å²) in [7, 11) is -1.11. The van der Waals surface area contributed by atoms with Crippen LogP contribution in [-0.2, 0) is 22.3 Å². The number of nitrogens with one attached hydrogen (secondary N) is 1. The van der Waals surface area contributed by atoms with Crippen molar-refractivity contribution in [3.63, 3.8) is 0 Å². The highest BCUT2D eigenvalue weighted by atomic mass is 32.2. The van der Waals surface area contributed by atoms with Crippen molar-refractivity contribution in [1.29, 1.82) is 0 Å². The Morgan fingerprint density at radius 1 is 1.21 bits per heavy atom. The number of nitrogens with zero attached hydrogens (tertiary/aromatic N) is 3. The number of nitro groups is 1. The molecule has 1 amide bonds. The normalized spacial score (nSPS) is 15.2. The Hall–Kier alpha value is -3.40. The van der Waals surface area contributed by atoms with Crippen LogP contribution in [-0.4, -0.2) is 24.8 Å². The fraction of sp³-hybridized carbons (Fsp3) is 0.111. The molecular formula is C18H13FN4O4S. The zero-order valence-electron chi connectivity index (χ0n) is 14.3. The van der Waals surface area contributed by atoms with Gasteiger partial charge in [0.25, 0.3) is 11.6 Å². The smallest absolute Gasteiger partial charge is 0.270 e. The molecular weight excluding hydrogens is 387 g/mol. The first kappa shape index (κ1) is 18.0. The quantitative estimate of drug-likeness (QED) is 0.535. The van der Waals surface area contributed by atoms with Gasteiger partial charge in [0.15, 0.2) is 0 Å². The lowest BCUT2D eigenvalue weighted by Crippen LogP contribution is -2.16. The third kappa shape index (κ3) is 3.29. The van der Waals surface area contributed by atoms with E-state index in [1.54, 1.807) is 0 Å². The third-order valence-electron chi connectivity index (χ3n) is 4.29. The van der Waals surface area contributed by atoms with Crippen LogP contribution in [0.15, 0.2) is 48.5 Å². The maximum atomic E-state index is 13.3. The highest BCUT2D eigenvalue weighted by molar-refractivity contribution is 7.83. The number of halogens is 1. The van der Waals surface area contributed by atoms with Gasteiger partial charge in [0.05, 0.1) is 27.8 Å². The van der Waals surface area contributed by atoms with E-state index in [1.165, 1.54) is 53.2 Å². The summed E-state index contributed by atoms with van der Waals surface area (Å²) in [4.78, 5) is 23.1. The van der Waals surface area contributed by atoms with Gasteiger partial charge in [0, 0.05) is 34.1 Å². The van der Waals surface area contributed by atoms with Crippen molar-refractivity contribution in [2.24, 2.45) is 0 Å². The highest BCUT2D eigenvalue weighted by Gasteiger charge is 2.28. The van der Waals surface area contributed by atoms with E-state index in [4.69, 9.17) is 0 Å². The Bertz CT molecular complexity index is 1130. The van der Waals surface area contributed by atoms with E-state index in [9.17, 15) is 23.5 Å². The number of fused-ring (bicyclic) bond motifs is 1. The van der Waals surface area contributed by atoms with E-state index in [0.717, 1.165) is 0 Å². The summed E-state index contributed by atoms with van der Waals surface area (Å²) < 4.78 is 26.6. The fourth-order valence-electron chi connectivity index (χ4n) is 2.97. The van der Waals surface area contributed by atoms with Crippen LogP contribution in [0.3, 0.4) is 0 Å². The largest absolute Gasteiger partial charge is 0.306 e. The van der Waals surface area contributed by atoms with Crippen LogP contribution >= 0.6 is 0 Å². The van der Waals surface area contributed by atoms with Crippen molar-refractivity contribution >= 4 is 28.2 Å². The Kier molecular flexibility index (Phi) is 4.47. The van der Waals surface area contributed by atoms with E-state index in [1.807, 2.05) is 0 Å². The number of hydrogen-bond acceptors (Lipinski definition) is 5. The monoisotopic (exact) mass is 400 g/mol. The standard InChI is InChI=1S/C18H13FN4O4S/c19-12-4-6-13(7-5-12)22-17(15-9-28(27)10-16(15)21-22)20-18(24)11-2-1-3-14(8-11)23(25)26/h1-8H,9-10H2,(H,20,24)/t28-/m1/s1. The number of nitro benzene ring substituents is 1. The molecule has 1 aromatic heterocycles. The molecule has 3 aromatic rings. The zero-order valence-corrected chi connectivity index (χ0v) is 15.1. The van der Waals surface area contributed by atoms with E-state index in [-0.39, 0.29) is 22.8 Å². The summed E-state index contributed by atoms with van der Waals surface area (Å²) in [5.74, 6) is -0.146.